The molecular weight excluding hydrogens is 226 g/mol. The Morgan fingerprint density at radius 1 is 1.28 bits per heavy atom. The molecule has 94 valence electrons. The topological polar surface area (TPSA) is 61.0 Å². The van der Waals surface area contributed by atoms with Crippen LogP contribution in [-0.4, -0.2) is 16.6 Å². The lowest BCUT2D eigenvalue weighted by molar-refractivity contribution is 0.297. The van der Waals surface area contributed by atoms with Gasteiger partial charge in [-0.2, -0.15) is 0 Å². The monoisotopic (exact) mass is 243 g/mol. The van der Waals surface area contributed by atoms with E-state index in [1.165, 1.54) is 5.56 Å². The lowest BCUT2D eigenvalue weighted by Gasteiger charge is -2.08. The molecule has 2 rings (SSSR count). The Morgan fingerprint density at radius 3 is 2.78 bits per heavy atom. The maximum atomic E-state index is 5.63. The third kappa shape index (κ3) is 3.45. The number of nitrogens with two attached hydrogens (primary N) is 1. The molecule has 0 fully saturated rings. The first-order valence-corrected chi connectivity index (χ1v) is 5.99. The van der Waals surface area contributed by atoms with Gasteiger partial charge in [-0.15, -0.1) is 0 Å². The number of pyridine rings is 2. The molecule has 4 nitrogen and oxygen atoms in total. The highest BCUT2D eigenvalue weighted by molar-refractivity contribution is 5.41. The molecule has 0 spiro atoms. The predicted octanol–water partition coefficient (Wildman–Crippen LogP) is 2.38. The van der Waals surface area contributed by atoms with E-state index in [0.29, 0.717) is 18.2 Å². The van der Waals surface area contributed by atoms with Gasteiger partial charge in [0.1, 0.15) is 0 Å². The number of aromatic nitrogens is 2. The predicted molar refractivity (Wildman–Crippen MR) is 71.4 cm³/mol. The number of nitrogens with zero attached hydrogens (tertiary/aromatic N) is 2. The molecule has 18 heavy (non-hydrogen) atoms. The number of anilines is 1. The van der Waals surface area contributed by atoms with Gasteiger partial charge < -0.3 is 10.5 Å². The van der Waals surface area contributed by atoms with Gasteiger partial charge in [-0.3, -0.25) is 4.98 Å². The zero-order valence-electron chi connectivity index (χ0n) is 10.5. The Bertz CT molecular complexity index is 500. The molecule has 2 aromatic heterocycles. The lowest BCUT2D eigenvalue weighted by atomic mass is 10.1. The first-order valence-electron chi connectivity index (χ1n) is 5.99. The number of rotatable bonds is 5. The van der Waals surface area contributed by atoms with E-state index in [4.69, 9.17) is 10.5 Å². The van der Waals surface area contributed by atoms with Crippen LogP contribution in [0, 0.1) is 6.92 Å². The molecule has 0 amide bonds. The molecule has 0 atom stereocenters. The molecule has 2 N–H and O–H groups in total. The molecule has 2 heterocycles. The average Bonchev–Trinajstić information content (AvgIpc) is 2.38. The second-order valence-corrected chi connectivity index (χ2v) is 4.20. The summed E-state index contributed by atoms with van der Waals surface area (Å²) in [5.74, 6) is 0.666. The van der Waals surface area contributed by atoms with Crippen molar-refractivity contribution in [3.63, 3.8) is 0 Å². The zero-order chi connectivity index (χ0) is 12.8. The average molecular weight is 243 g/mol. The quantitative estimate of drug-likeness (QED) is 0.819. The van der Waals surface area contributed by atoms with Crippen LogP contribution >= 0.6 is 0 Å². The molecule has 0 aliphatic carbocycles. The van der Waals surface area contributed by atoms with Crippen LogP contribution in [0.5, 0.6) is 5.88 Å². The second kappa shape index (κ2) is 6.00. The number of aryl methyl sites for hydroxylation is 2. The summed E-state index contributed by atoms with van der Waals surface area (Å²) in [5.41, 5.74) is 8.54. The summed E-state index contributed by atoms with van der Waals surface area (Å²) in [5, 5.41) is 0. The highest BCUT2D eigenvalue weighted by atomic mass is 16.5. The molecule has 0 bridgehead atoms. The van der Waals surface area contributed by atoms with Crippen molar-refractivity contribution >= 4 is 5.69 Å². The van der Waals surface area contributed by atoms with E-state index < -0.39 is 0 Å². The molecule has 0 aromatic carbocycles. The molecule has 0 saturated carbocycles. The molecule has 0 radical (unpaired) electrons. The second-order valence-electron chi connectivity index (χ2n) is 4.20. The van der Waals surface area contributed by atoms with E-state index in [0.717, 1.165) is 18.4 Å². The van der Waals surface area contributed by atoms with E-state index in [2.05, 4.69) is 9.97 Å². The summed E-state index contributed by atoms with van der Waals surface area (Å²) in [4.78, 5) is 8.15. The molecule has 0 aliphatic heterocycles. The first-order chi connectivity index (χ1) is 8.75. The van der Waals surface area contributed by atoms with Gasteiger partial charge in [0.2, 0.25) is 5.88 Å². The third-order valence-electron chi connectivity index (χ3n) is 2.65. The number of hydrogen-bond donors (Lipinski definition) is 1. The van der Waals surface area contributed by atoms with Crippen molar-refractivity contribution in [1.82, 2.24) is 9.97 Å². The molecule has 0 aliphatic rings. The largest absolute Gasteiger partial charge is 0.477 e. The lowest BCUT2D eigenvalue weighted by Crippen LogP contribution is -2.03. The number of nitrogen functional groups attached to an aromatic ring is 1. The van der Waals surface area contributed by atoms with Crippen molar-refractivity contribution < 1.29 is 4.74 Å². The summed E-state index contributed by atoms with van der Waals surface area (Å²) < 4.78 is 5.63. The van der Waals surface area contributed by atoms with Crippen molar-refractivity contribution in [2.24, 2.45) is 0 Å². The van der Waals surface area contributed by atoms with Crippen LogP contribution in [0.15, 0.2) is 36.8 Å². The smallest absolute Gasteiger partial charge is 0.216 e. The summed E-state index contributed by atoms with van der Waals surface area (Å²) >= 11 is 0. The van der Waals surface area contributed by atoms with Crippen molar-refractivity contribution in [3.05, 3.63) is 47.9 Å². The van der Waals surface area contributed by atoms with Crippen LogP contribution in [0.4, 0.5) is 5.69 Å². The molecule has 4 heteroatoms. The normalized spacial score (nSPS) is 10.3. The van der Waals surface area contributed by atoms with Crippen LogP contribution in [0.1, 0.15) is 17.5 Å². The highest BCUT2D eigenvalue weighted by Gasteiger charge is 2.01. The van der Waals surface area contributed by atoms with Crippen molar-refractivity contribution in [2.45, 2.75) is 19.8 Å². The van der Waals surface area contributed by atoms with Crippen LogP contribution in [0.3, 0.4) is 0 Å². The minimum absolute atomic E-state index is 0.653. The van der Waals surface area contributed by atoms with Crippen molar-refractivity contribution in [3.8, 4) is 5.88 Å². The van der Waals surface area contributed by atoms with Gasteiger partial charge in [-0.05, 0) is 43.5 Å². The van der Waals surface area contributed by atoms with E-state index in [1.54, 1.807) is 6.20 Å². The van der Waals surface area contributed by atoms with E-state index in [1.807, 2.05) is 37.5 Å². The van der Waals surface area contributed by atoms with Crippen molar-refractivity contribution in [2.75, 3.05) is 12.3 Å². The Hall–Kier alpha value is -2.10. The molecule has 2 aromatic rings. The van der Waals surface area contributed by atoms with Gasteiger partial charge in [-0.25, -0.2) is 4.98 Å². The minimum atomic E-state index is 0.653. The third-order valence-corrected chi connectivity index (χ3v) is 2.65. The maximum absolute atomic E-state index is 5.63. The van der Waals surface area contributed by atoms with E-state index in [-0.39, 0.29) is 0 Å². The fraction of sp³-hybridized carbons (Fsp3) is 0.286. The molecule has 0 saturated heterocycles. The number of ether oxygens (including phenoxy) is 1. The Kier molecular flexibility index (Phi) is 4.12. The fourth-order valence-corrected chi connectivity index (χ4v) is 1.73. The van der Waals surface area contributed by atoms with Gasteiger partial charge in [-0.1, -0.05) is 0 Å². The van der Waals surface area contributed by atoms with E-state index >= 15 is 0 Å². The Morgan fingerprint density at radius 2 is 2.06 bits per heavy atom. The van der Waals surface area contributed by atoms with E-state index in [9.17, 15) is 0 Å². The summed E-state index contributed by atoms with van der Waals surface area (Å²) in [6, 6.07) is 5.91. The Labute approximate surface area is 107 Å². The highest BCUT2D eigenvalue weighted by Crippen LogP contribution is 2.16. The number of hydrogen-bond acceptors (Lipinski definition) is 4. The minimum Gasteiger partial charge on any atom is -0.477 e. The summed E-state index contributed by atoms with van der Waals surface area (Å²) in [6.07, 6.45) is 7.17. The van der Waals surface area contributed by atoms with Gasteiger partial charge in [0.25, 0.3) is 0 Å². The van der Waals surface area contributed by atoms with Crippen LogP contribution in [-0.2, 0) is 6.42 Å². The van der Waals surface area contributed by atoms with Crippen LogP contribution in [0.25, 0.3) is 0 Å². The molecular formula is C14H17N3O. The van der Waals surface area contributed by atoms with Gasteiger partial charge >= 0.3 is 0 Å². The maximum Gasteiger partial charge on any atom is 0.216 e. The SMILES string of the molecule is Cc1cc(N)cnc1OCCCc1ccncc1. The summed E-state index contributed by atoms with van der Waals surface area (Å²) in [7, 11) is 0. The first kappa shape index (κ1) is 12.4. The van der Waals surface area contributed by atoms with Crippen molar-refractivity contribution in [1.29, 1.82) is 0 Å². The van der Waals surface area contributed by atoms with Gasteiger partial charge in [0.15, 0.2) is 0 Å². The van der Waals surface area contributed by atoms with Gasteiger partial charge in [0, 0.05) is 18.0 Å². The van der Waals surface area contributed by atoms with Crippen LogP contribution < -0.4 is 10.5 Å². The van der Waals surface area contributed by atoms with Gasteiger partial charge in [0.05, 0.1) is 18.5 Å². The van der Waals surface area contributed by atoms with Crippen LogP contribution in [0.2, 0.25) is 0 Å². The standard InChI is InChI=1S/C14H17N3O/c1-11-9-13(15)10-17-14(11)18-8-2-3-12-4-6-16-7-5-12/h4-7,9-10H,2-3,8,15H2,1H3. The summed E-state index contributed by atoms with van der Waals surface area (Å²) in [6.45, 7) is 2.60. The molecule has 0 unspecified atom stereocenters. The Balaban J connectivity index is 1.79. The fourth-order valence-electron chi connectivity index (χ4n) is 1.73. The zero-order valence-corrected chi connectivity index (χ0v) is 10.5.